The van der Waals surface area contributed by atoms with Gasteiger partial charge in [0.15, 0.2) is 6.04 Å². The van der Waals surface area contributed by atoms with Crippen LogP contribution in [0.15, 0.2) is 72.8 Å². The van der Waals surface area contributed by atoms with Crippen LogP contribution in [0.2, 0.25) is 0 Å². The molecule has 0 aromatic heterocycles. The van der Waals surface area contributed by atoms with E-state index >= 15 is 0 Å². The molecule has 0 fully saturated rings. The first-order valence-electron chi connectivity index (χ1n) is 12.5. The van der Waals surface area contributed by atoms with Gasteiger partial charge in [0.1, 0.15) is 24.6 Å². The molecule has 1 amide bonds. The van der Waals surface area contributed by atoms with Crippen molar-refractivity contribution in [3.8, 4) is 16.9 Å². The average Bonchev–Trinajstić information content (AvgIpc) is 3.22. The Labute approximate surface area is 230 Å². The van der Waals surface area contributed by atoms with Crippen LogP contribution in [0, 0.1) is 10.1 Å². The van der Waals surface area contributed by atoms with Crippen molar-refractivity contribution in [1.82, 2.24) is 5.32 Å². The Morgan fingerprint density at radius 1 is 0.900 bits per heavy atom. The molecular weight excluding hydrogens is 520 g/mol. The zero-order chi connectivity index (χ0) is 28.9. The smallest absolute Gasteiger partial charge is 0.458 e. The van der Waals surface area contributed by atoms with Crippen LogP contribution < -0.4 is 10.1 Å². The molecule has 1 aliphatic carbocycles. The third-order valence-corrected chi connectivity index (χ3v) is 5.94. The molecule has 1 aliphatic rings. The first-order valence-corrected chi connectivity index (χ1v) is 12.5. The molecule has 11 heteroatoms. The lowest BCUT2D eigenvalue weighted by Crippen LogP contribution is -2.47. The molecule has 0 radical (unpaired) electrons. The predicted octanol–water partition coefficient (Wildman–Crippen LogP) is 5.36. The fourth-order valence-corrected chi connectivity index (χ4v) is 4.24. The van der Waals surface area contributed by atoms with Gasteiger partial charge in [0, 0.05) is 18.1 Å². The van der Waals surface area contributed by atoms with E-state index in [4.69, 9.17) is 18.9 Å². The molecule has 4 rings (SSSR count). The van der Waals surface area contributed by atoms with Crippen molar-refractivity contribution in [2.75, 3.05) is 13.2 Å². The number of ether oxygens (including phenoxy) is 4. The summed E-state index contributed by atoms with van der Waals surface area (Å²) in [6.45, 7) is 4.37. The van der Waals surface area contributed by atoms with Crippen molar-refractivity contribution in [2.24, 2.45) is 0 Å². The molecule has 3 aromatic carbocycles. The number of esters is 1. The Balaban J connectivity index is 1.38. The first-order chi connectivity index (χ1) is 19.0. The summed E-state index contributed by atoms with van der Waals surface area (Å²) in [4.78, 5) is 47.9. The minimum absolute atomic E-state index is 0.00564. The van der Waals surface area contributed by atoms with Gasteiger partial charge in [-0.25, -0.2) is 14.4 Å². The van der Waals surface area contributed by atoms with Crippen LogP contribution in [-0.2, 0) is 19.0 Å². The molecule has 0 spiro atoms. The molecule has 0 saturated heterocycles. The van der Waals surface area contributed by atoms with Gasteiger partial charge < -0.3 is 24.3 Å². The molecule has 0 saturated carbocycles. The average molecular weight is 549 g/mol. The maximum Gasteiger partial charge on any atom is 0.513 e. The molecule has 1 N–H and O–H groups in total. The van der Waals surface area contributed by atoms with Crippen LogP contribution in [-0.4, -0.2) is 48.0 Å². The lowest BCUT2D eigenvalue weighted by Gasteiger charge is -2.24. The fraction of sp³-hybridized carbons (Fsp3) is 0.276. The number of carbonyl (C=O) groups is 3. The number of rotatable bonds is 8. The molecule has 3 aromatic rings. The number of amides is 1. The first kappa shape index (κ1) is 28.1. The molecule has 11 nitrogen and oxygen atoms in total. The number of fused-ring (bicyclic) bond motifs is 3. The van der Waals surface area contributed by atoms with E-state index in [1.54, 1.807) is 20.8 Å². The van der Waals surface area contributed by atoms with Gasteiger partial charge in [0.05, 0.1) is 4.92 Å². The van der Waals surface area contributed by atoms with Gasteiger partial charge in [-0.3, -0.25) is 10.1 Å². The Bertz CT molecular complexity index is 1370. The summed E-state index contributed by atoms with van der Waals surface area (Å²) in [7, 11) is 0. The number of carbonyl (C=O) groups excluding carboxylic acids is 3. The molecule has 1 atom stereocenters. The van der Waals surface area contributed by atoms with Gasteiger partial charge in [0.2, 0.25) is 0 Å². The zero-order valence-corrected chi connectivity index (χ0v) is 22.1. The summed E-state index contributed by atoms with van der Waals surface area (Å²) < 4.78 is 20.9. The lowest BCUT2D eigenvalue weighted by atomic mass is 9.98. The number of nitrogens with zero attached hydrogens (tertiary/aromatic N) is 1. The number of nitrogens with one attached hydrogen (secondary N) is 1. The third kappa shape index (κ3) is 6.93. The number of alkyl carbamates (subject to hydrolysis) is 1. The maximum absolute atomic E-state index is 12.8. The van der Waals surface area contributed by atoms with E-state index in [-0.39, 0.29) is 24.0 Å². The zero-order valence-electron chi connectivity index (χ0n) is 22.1. The van der Waals surface area contributed by atoms with Gasteiger partial charge in [-0.05, 0) is 55.2 Å². The lowest BCUT2D eigenvalue weighted by molar-refractivity contribution is -0.384. The van der Waals surface area contributed by atoms with Crippen molar-refractivity contribution in [2.45, 2.75) is 38.3 Å². The van der Waals surface area contributed by atoms with Crippen LogP contribution in [0.5, 0.6) is 5.75 Å². The molecule has 0 unspecified atom stereocenters. The second kappa shape index (κ2) is 11.9. The summed E-state index contributed by atoms with van der Waals surface area (Å²) in [5.41, 5.74) is 3.13. The minimum Gasteiger partial charge on any atom is -0.458 e. The second-order valence-corrected chi connectivity index (χ2v) is 9.97. The highest BCUT2D eigenvalue weighted by molar-refractivity contribution is 5.82. The third-order valence-electron chi connectivity index (χ3n) is 5.94. The Morgan fingerprint density at radius 3 is 2.02 bits per heavy atom. The predicted molar refractivity (Wildman–Crippen MR) is 143 cm³/mol. The molecular formula is C29H28N2O9. The van der Waals surface area contributed by atoms with Gasteiger partial charge in [-0.15, -0.1) is 0 Å². The van der Waals surface area contributed by atoms with E-state index in [0.29, 0.717) is 0 Å². The highest BCUT2D eigenvalue weighted by Crippen LogP contribution is 2.44. The summed E-state index contributed by atoms with van der Waals surface area (Å²) >= 11 is 0. The summed E-state index contributed by atoms with van der Waals surface area (Å²) in [6.07, 6.45) is -2.08. The van der Waals surface area contributed by atoms with E-state index in [1.165, 1.54) is 12.1 Å². The number of non-ortho nitro benzene ring substituents is 1. The van der Waals surface area contributed by atoms with E-state index in [0.717, 1.165) is 34.4 Å². The van der Waals surface area contributed by atoms with Crippen LogP contribution in [0.25, 0.3) is 11.1 Å². The number of nitro benzene ring substituents is 1. The van der Waals surface area contributed by atoms with Crippen molar-refractivity contribution >= 4 is 23.9 Å². The Kier molecular flexibility index (Phi) is 8.32. The van der Waals surface area contributed by atoms with Gasteiger partial charge in [-0.1, -0.05) is 48.5 Å². The Hall–Kier alpha value is -4.93. The van der Waals surface area contributed by atoms with E-state index in [1.807, 2.05) is 48.5 Å². The molecule has 0 bridgehead atoms. The monoisotopic (exact) mass is 548 g/mol. The van der Waals surface area contributed by atoms with Crippen molar-refractivity contribution < 1.29 is 38.3 Å². The van der Waals surface area contributed by atoms with E-state index in [2.05, 4.69) is 5.32 Å². The van der Waals surface area contributed by atoms with Gasteiger partial charge in [-0.2, -0.15) is 0 Å². The second-order valence-electron chi connectivity index (χ2n) is 9.97. The summed E-state index contributed by atoms with van der Waals surface area (Å²) in [6, 6.07) is 19.1. The van der Waals surface area contributed by atoms with Crippen molar-refractivity contribution in [3.63, 3.8) is 0 Å². The molecule has 0 heterocycles. The van der Waals surface area contributed by atoms with Gasteiger partial charge in [0.25, 0.3) is 5.69 Å². The molecule has 208 valence electrons. The minimum atomic E-state index is -1.39. The number of hydrogen-bond acceptors (Lipinski definition) is 9. The fourth-order valence-electron chi connectivity index (χ4n) is 4.24. The van der Waals surface area contributed by atoms with Crippen molar-refractivity contribution in [1.29, 1.82) is 0 Å². The van der Waals surface area contributed by atoms with E-state index < -0.39 is 41.4 Å². The van der Waals surface area contributed by atoms with E-state index in [9.17, 15) is 24.5 Å². The van der Waals surface area contributed by atoms with Crippen LogP contribution in [0.4, 0.5) is 15.3 Å². The van der Waals surface area contributed by atoms with Crippen molar-refractivity contribution in [3.05, 3.63) is 94.0 Å². The number of hydrogen-bond donors (Lipinski definition) is 1. The summed E-state index contributed by atoms with van der Waals surface area (Å²) in [5, 5.41) is 13.2. The number of benzene rings is 3. The summed E-state index contributed by atoms with van der Waals surface area (Å²) in [5.74, 6) is -1.04. The van der Waals surface area contributed by atoms with Crippen LogP contribution >= 0.6 is 0 Å². The molecule has 40 heavy (non-hydrogen) atoms. The maximum atomic E-state index is 12.8. The highest BCUT2D eigenvalue weighted by Gasteiger charge is 2.32. The quantitative estimate of drug-likeness (QED) is 0.129. The standard InChI is InChI=1S/C29H28N2O9/c1-29(2,3)40-26(32)25(17-38-28(34)39-19-14-12-18(13-15-19)31(35)36)30-27(33)37-16-24-22-10-6-4-8-20(22)21-9-5-7-11-23(21)24/h4-15,24-25H,16-17H2,1-3H3,(H,30,33)/t25-/m0/s1. The molecule has 0 aliphatic heterocycles. The highest BCUT2D eigenvalue weighted by atomic mass is 16.7. The van der Waals surface area contributed by atoms with Crippen LogP contribution in [0.3, 0.4) is 0 Å². The van der Waals surface area contributed by atoms with Gasteiger partial charge >= 0.3 is 18.2 Å². The van der Waals surface area contributed by atoms with Crippen LogP contribution in [0.1, 0.15) is 37.8 Å². The Morgan fingerprint density at radius 2 is 1.48 bits per heavy atom. The SMILES string of the molecule is CC(C)(C)OC(=O)[C@H](COC(=O)Oc1ccc([N+](=O)[O-])cc1)NC(=O)OCC1c2ccccc2-c2ccccc21. The number of nitro groups is 1. The normalized spacial score (nSPS) is 12.9. The largest absolute Gasteiger partial charge is 0.513 e. The topological polar surface area (TPSA) is 143 Å².